The molecule has 7 heteroatoms. The Morgan fingerprint density at radius 2 is 2.29 bits per heavy atom. The molecule has 114 valence electrons. The Balaban J connectivity index is 1.77. The summed E-state index contributed by atoms with van der Waals surface area (Å²) in [5, 5.41) is 2.61. The minimum Gasteiger partial charge on any atom is -0.452 e. The normalized spacial score (nSPS) is 17.5. The largest absolute Gasteiger partial charge is 0.452 e. The summed E-state index contributed by atoms with van der Waals surface area (Å²) < 4.78 is 24.2. The van der Waals surface area contributed by atoms with Gasteiger partial charge in [-0.05, 0) is 31.0 Å². The quantitative estimate of drug-likeness (QED) is 0.817. The molecule has 0 bridgehead atoms. The zero-order chi connectivity index (χ0) is 15.2. The number of carbonyl (C=O) groups excluding carboxylic acids is 2. The summed E-state index contributed by atoms with van der Waals surface area (Å²) in [5.41, 5.74) is -0.212. The number of hydrogen-bond donors (Lipinski definition) is 1. The van der Waals surface area contributed by atoms with Crippen LogP contribution in [-0.2, 0) is 14.3 Å². The minimum atomic E-state index is -0.874. The molecule has 1 aliphatic rings. The van der Waals surface area contributed by atoms with Gasteiger partial charge in [-0.2, -0.15) is 0 Å². The van der Waals surface area contributed by atoms with Gasteiger partial charge in [0.25, 0.3) is 5.91 Å². The maximum Gasteiger partial charge on any atom is 0.341 e. The topological polar surface area (TPSA) is 64.6 Å². The van der Waals surface area contributed by atoms with E-state index in [1.54, 1.807) is 0 Å². The predicted molar refractivity (Wildman–Crippen MR) is 76.4 cm³/mol. The van der Waals surface area contributed by atoms with Gasteiger partial charge in [0.1, 0.15) is 5.82 Å². The number of hydrogen-bond acceptors (Lipinski definition) is 4. The molecule has 1 amide bonds. The lowest BCUT2D eigenvalue weighted by Crippen LogP contribution is -2.34. The van der Waals surface area contributed by atoms with Gasteiger partial charge in [-0.25, -0.2) is 9.18 Å². The van der Waals surface area contributed by atoms with E-state index in [-0.39, 0.29) is 11.7 Å². The lowest BCUT2D eigenvalue weighted by Gasteiger charge is -2.11. The maximum atomic E-state index is 13.5. The Labute approximate surface area is 129 Å². The first-order chi connectivity index (χ1) is 10.1. The fraction of sp³-hybridized carbons (Fsp3) is 0.429. The highest BCUT2D eigenvalue weighted by atomic mass is 79.9. The van der Waals surface area contributed by atoms with E-state index in [1.807, 2.05) is 0 Å². The average Bonchev–Trinajstić information content (AvgIpc) is 2.98. The highest BCUT2D eigenvalue weighted by molar-refractivity contribution is 9.10. The second kappa shape index (κ2) is 7.51. The molecule has 1 fully saturated rings. The number of nitrogens with one attached hydrogen (secondary N) is 1. The molecule has 0 radical (unpaired) electrons. The molecule has 1 aliphatic heterocycles. The smallest absolute Gasteiger partial charge is 0.341 e. The minimum absolute atomic E-state index is 0.0205. The van der Waals surface area contributed by atoms with Crippen LogP contribution < -0.4 is 5.32 Å². The first-order valence-corrected chi connectivity index (χ1v) is 7.36. The van der Waals surface area contributed by atoms with Gasteiger partial charge in [0, 0.05) is 17.6 Å². The van der Waals surface area contributed by atoms with Gasteiger partial charge in [0.15, 0.2) is 6.61 Å². The van der Waals surface area contributed by atoms with Crippen molar-refractivity contribution in [3.63, 3.8) is 0 Å². The number of carbonyl (C=O) groups is 2. The standard InChI is InChI=1S/C14H15BrFNO4/c15-9-3-4-12(16)11(6-9)14(19)21-8-13(18)17-7-10-2-1-5-20-10/h3-4,6,10H,1-2,5,7-8H2,(H,17,18)/t10-/m0/s1. The molecule has 2 rings (SSSR count). The molecule has 0 saturated carbocycles. The third-order valence-corrected chi connectivity index (χ3v) is 3.53. The van der Waals surface area contributed by atoms with Gasteiger partial charge in [0.2, 0.25) is 0 Å². The lowest BCUT2D eigenvalue weighted by atomic mass is 10.2. The predicted octanol–water partition coefficient (Wildman–Crippen LogP) is 2.04. The molecule has 0 unspecified atom stereocenters. The zero-order valence-corrected chi connectivity index (χ0v) is 12.8. The number of amides is 1. The van der Waals surface area contributed by atoms with Crippen molar-refractivity contribution in [2.24, 2.45) is 0 Å². The van der Waals surface area contributed by atoms with E-state index in [4.69, 9.17) is 9.47 Å². The summed E-state index contributed by atoms with van der Waals surface area (Å²) >= 11 is 3.14. The maximum absolute atomic E-state index is 13.5. The van der Waals surface area contributed by atoms with Gasteiger partial charge in [0.05, 0.1) is 11.7 Å². The Morgan fingerprint density at radius 3 is 3.00 bits per heavy atom. The second-order valence-corrected chi connectivity index (χ2v) is 5.56. The van der Waals surface area contributed by atoms with Gasteiger partial charge in [-0.1, -0.05) is 15.9 Å². The Kier molecular flexibility index (Phi) is 5.69. The van der Waals surface area contributed by atoms with Crippen molar-refractivity contribution < 1.29 is 23.5 Å². The first-order valence-electron chi connectivity index (χ1n) is 6.57. The number of esters is 1. The van der Waals surface area contributed by atoms with Crippen molar-refractivity contribution in [1.29, 1.82) is 0 Å². The van der Waals surface area contributed by atoms with Crippen molar-refractivity contribution in [3.8, 4) is 0 Å². The number of rotatable bonds is 5. The van der Waals surface area contributed by atoms with Crippen LogP contribution in [0.25, 0.3) is 0 Å². The molecule has 5 nitrogen and oxygen atoms in total. The fourth-order valence-corrected chi connectivity index (χ4v) is 2.31. The average molecular weight is 360 g/mol. The lowest BCUT2D eigenvalue weighted by molar-refractivity contribution is -0.124. The third kappa shape index (κ3) is 4.78. The van der Waals surface area contributed by atoms with Crippen LogP contribution in [0.4, 0.5) is 4.39 Å². The molecule has 1 aromatic rings. The van der Waals surface area contributed by atoms with E-state index in [0.29, 0.717) is 17.6 Å². The number of halogens is 2. The van der Waals surface area contributed by atoms with E-state index < -0.39 is 24.3 Å². The monoisotopic (exact) mass is 359 g/mol. The van der Waals surface area contributed by atoms with Crippen LogP contribution in [0.1, 0.15) is 23.2 Å². The Morgan fingerprint density at radius 1 is 1.48 bits per heavy atom. The highest BCUT2D eigenvalue weighted by Crippen LogP contribution is 2.16. The molecule has 0 aromatic heterocycles. The molecular formula is C14H15BrFNO4. The van der Waals surface area contributed by atoms with Gasteiger partial charge < -0.3 is 14.8 Å². The molecule has 21 heavy (non-hydrogen) atoms. The summed E-state index contributed by atoms with van der Waals surface area (Å²) in [6, 6.07) is 3.93. The zero-order valence-electron chi connectivity index (χ0n) is 11.2. The molecule has 1 heterocycles. The van der Waals surface area contributed by atoms with Crippen molar-refractivity contribution >= 4 is 27.8 Å². The molecule has 1 N–H and O–H groups in total. The van der Waals surface area contributed by atoms with Crippen LogP contribution in [0.3, 0.4) is 0 Å². The van der Waals surface area contributed by atoms with E-state index in [0.717, 1.165) is 18.9 Å². The van der Waals surface area contributed by atoms with Crippen LogP contribution in [0.5, 0.6) is 0 Å². The SMILES string of the molecule is O=C(COC(=O)c1cc(Br)ccc1F)NC[C@@H]1CCCO1. The number of ether oxygens (including phenoxy) is 2. The Hall–Kier alpha value is -1.47. The van der Waals surface area contributed by atoms with E-state index in [1.165, 1.54) is 12.1 Å². The van der Waals surface area contributed by atoms with Crippen LogP contribution in [-0.4, -0.2) is 37.7 Å². The van der Waals surface area contributed by atoms with Gasteiger partial charge in [-0.15, -0.1) is 0 Å². The van der Waals surface area contributed by atoms with Crippen molar-refractivity contribution in [2.75, 3.05) is 19.8 Å². The molecule has 1 aromatic carbocycles. The third-order valence-electron chi connectivity index (χ3n) is 3.03. The molecule has 0 spiro atoms. The summed E-state index contributed by atoms with van der Waals surface area (Å²) in [5.74, 6) is -2.00. The molecular weight excluding hydrogens is 345 g/mol. The molecule has 1 saturated heterocycles. The Bertz CT molecular complexity index is 532. The summed E-state index contributed by atoms with van der Waals surface area (Å²) in [6.45, 7) is 0.650. The van der Waals surface area contributed by atoms with Crippen LogP contribution in [0.15, 0.2) is 22.7 Å². The summed E-state index contributed by atoms with van der Waals surface area (Å²) in [6.07, 6.45) is 1.91. The fourth-order valence-electron chi connectivity index (χ4n) is 1.95. The highest BCUT2D eigenvalue weighted by Gasteiger charge is 2.18. The number of benzene rings is 1. The second-order valence-electron chi connectivity index (χ2n) is 4.64. The first kappa shape index (κ1) is 15.9. The summed E-state index contributed by atoms with van der Waals surface area (Å²) in [7, 11) is 0. The summed E-state index contributed by atoms with van der Waals surface area (Å²) in [4.78, 5) is 23.2. The van der Waals surface area contributed by atoms with Crippen molar-refractivity contribution in [1.82, 2.24) is 5.32 Å². The van der Waals surface area contributed by atoms with Crippen molar-refractivity contribution in [3.05, 3.63) is 34.1 Å². The van der Waals surface area contributed by atoms with E-state index in [9.17, 15) is 14.0 Å². The van der Waals surface area contributed by atoms with Crippen molar-refractivity contribution in [2.45, 2.75) is 18.9 Å². The van der Waals surface area contributed by atoms with Gasteiger partial charge in [-0.3, -0.25) is 4.79 Å². The van der Waals surface area contributed by atoms with E-state index >= 15 is 0 Å². The van der Waals surface area contributed by atoms with Crippen LogP contribution in [0, 0.1) is 5.82 Å². The van der Waals surface area contributed by atoms with Crippen LogP contribution in [0.2, 0.25) is 0 Å². The van der Waals surface area contributed by atoms with E-state index in [2.05, 4.69) is 21.2 Å². The molecule has 1 atom stereocenters. The van der Waals surface area contributed by atoms with Gasteiger partial charge >= 0.3 is 5.97 Å². The van der Waals surface area contributed by atoms with Crippen LogP contribution >= 0.6 is 15.9 Å². The molecule has 0 aliphatic carbocycles.